The number of hydrogen-bond acceptors (Lipinski definition) is 4. The van der Waals surface area contributed by atoms with Crippen LogP contribution in [0.5, 0.6) is 0 Å². The van der Waals surface area contributed by atoms with E-state index in [2.05, 4.69) is 15.1 Å². The van der Waals surface area contributed by atoms with Crippen LogP contribution in [0.2, 0.25) is 10.2 Å². The molecule has 0 atom stereocenters. The van der Waals surface area contributed by atoms with Crippen molar-refractivity contribution in [2.24, 2.45) is 0 Å². The summed E-state index contributed by atoms with van der Waals surface area (Å²) < 4.78 is 1.68. The van der Waals surface area contributed by atoms with Crippen LogP contribution < -0.4 is 4.90 Å². The first kappa shape index (κ1) is 14.1. The molecule has 0 N–H and O–H groups in total. The van der Waals surface area contributed by atoms with E-state index in [1.807, 2.05) is 43.1 Å². The molecule has 0 bridgehead atoms. The predicted octanol–water partition coefficient (Wildman–Crippen LogP) is 3.38. The summed E-state index contributed by atoms with van der Waals surface area (Å²) in [5.74, 6) is 1.33. The SMILES string of the molecule is Cc1c(Cl)nc2ncnn2c1N(C)Cc1ccccc1Cl. The lowest BCUT2D eigenvalue weighted by atomic mass is 10.2. The highest BCUT2D eigenvalue weighted by atomic mass is 35.5. The number of hydrogen-bond donors (Lipinski definition) is 0. The van der Waals surface area contributed by atoms with Crippen LogP contribution in [0.25, 0.3) is 5.78 Å². The van der Waals surface area contributed by atoms with Crippen molar-refractivity contribution in [3.8, 4) is 0 Å². The predicted molar refractivity (Wildman–Crippen MR) is 84.1 cm³/mol. The Morgan fingerprint density at radius 3 is 2.76 bits per heavy atom. The second kappa shape index (κ2) is 5.50. The number of benzene rings is 1. The summed E-state index contributed by atoms with van der Waals surface area (Å²) in [5, 5.41) is 5.38. The van der Waals surface area contributed by atoms with Crippen molar-refractivity contribution in [2.75, 3.05) is 11.9 Å². The van der Waals surface area contributed by atoms with Crippen LogP contribution in [0.4, 0.5) is 5.82 Å². The third-order valence-electron chi connectivity index (χ3n) is 3.30. The quantitative estimate of drug-likeness (QED) is 0.694. The van der Waals surface area contributed by atoms with Crippen molar-refractivity contribution in [1.29, 1.82) is 0 Å². The molecule has 2 aromatic heterocycles. The second-order valence-corrected chi connectivity index (χ2v) is 5.54. The minimum absolute atomic E-state index is 0.427. The van der Waals surface area contributed by atoms with E-state index < -0.39 is 0 Å². The van der Waals surface area contributed by atoms with Crippen LogP contribution in [0.3, 0.4) is 0 Å². The molecule has 21 heavy (non-hydrogen) atoms. The van der Waals surface area contributed by atoms with E-state index in [1.165, 1.54) is 6.33 Å². The summed E-state index contributed by atoms with van der Waals surface area (Å²) >= 11 is 12.4. The van der Waals surface area contributed by atoms with E-state index in [0.717, 1.165) is 22.0 Å². The molecule has 0 fully saturated rings. The molecule has 0 saturated carbocycles. The first-order valence-corrected chi connectivity index (χ1v) is 7.14. The normalized spacial score (nSPS) is 11.0. The van der Waals surface area contributed by atoms with Crippen molar-refractivity contribution >= 4 is 34.8 Å². The summed E-state index contributed by atoms with van der Waals surface area (Å²) in [7, 11) is 1.96. The average Bonchev–Trinajstić information content (AvgIpc) is 2.90. The zero-order chi connectivity index (χ0) is 15.0. The fraction of sp³-hybridized carbons (Fsp3) is 0.214. The molecule has 0 aliphatic carbocycles. The van der Waals surface area contributed by atoms with Gasteiger partial charge in [0, 0.05) is 24.2 Å². The Bertz CT molecular complexity index is 799. The minimum Gasteiger partial charge on any atom is -0.355 e. The van der Waals surface area contributed by atoms with Crippen molar-refractivity contribution < 1.29 is 0 Å². The molecule has 0 spiro atoms. The van der Waals surface area contributed by atoms with Gasteiger partial charge in [-0.2, -0.15) is 19.6 Å². The van der Waals surface area contributed by atoms with Crippen LogP contribution in [-0.4, -0.2) is 26.6 Å². The molecule has 0 unspecified atom stereocenters. The van der Waals surface area contributed by atoms with Gasteiger partial charge in [0.05, 0.1) is 0 Å². The molecule has 2 heterocycles. The van der Waals surface area contributed by atoms with E-state index in [9.17, 15) is 0 Å². The van der Waals surface area contributed by atoms with E-state index >= 15 is 0 Å². The van der Waals surface area contributed by atoms with Crippen LogP contribution in [0.1, 0.15) is 11.1 Å². The van der Waals surface area contributed by atoms with Gasteiger partial charge >= 0.3 is 0 Å². The molecule has 0 aliphatic heterocycles. The maximum atomic E-state index is 6.22. The highest BCUT2D eigenvalue weighted by molar-refractivity contribution is 6.31. The van der Waals surface area contributed by atoms with Crippen molar-refractivity contribution in [2.45, 2.75) is 13.5 Å². The number of anilines is 1. The molecular weight excluding hydrogens is 309 g/mol. The Hall–Kier alpha value is -1.85. The zero-order valence-electron chi connectivity index (χ0n) is 11.6. The summed E-state index contributed by atoms with van der Waals surface area (Å²) in [6.07, 6.45) is 1.46. The minimum atomic E-state index is 0.427. The number of aromatic nitrogens is 4. The van der Waals surface area contributed by atoms with Gasteiger partial charge in [0.25, 0.3) is 5.78 Å². The van der Waals surface area contributed by atoms with Crippen molar-refractivity contribution in [3.63, 3.8) is 0 Å². The summed E-state index contributed by atoms with van der Waals surface area (Å²) in [4.78, 5) is 10.3. The van der Waals surface area contributed by atoms with Crippen molar-refractivity contribution in [1.82, 2.24) is 19.6 Å². The molecule has 3 aromatic rings. The lowest BCUT2D eigenvalue weighted by molar-refractivity contribution is 0.823. The van der Waals surface area contributed by atoms with Gasteiger partial charge in [-0.3, -0.25) is 0 Å². The third kappa shape index (κ3) is 2.54. The van der Waals surface area contributed by atoms with E-state index in [0.29, 0.717) is 17.5 Å². The molecule has 0 saturated heterocycles. The Kier molecular flexibility index (Phi) is 3.69. The summed E-state index contributed by atoms with van der Waals surface area (Å²) in [5.41, 5.74) is 1.88. The maximum absolute atomic E-state index is 6.22. The molecule has 0 amide bonds. The van der Waals surface area contributed by atoms with Gasteiger partial charge in [0.15, 0.2) is 0 Å². The fourth-order valence-corrected chi connectivity index (χ4v) is 2.64. The molecule has 0 radical (unpaired) electrons. The van der Waals surface area contributed by atoms with E-state index in [1.54, 1.807) is 4.52 Å². The van der Waals surface area contributed by atoms with Gasteiger partial charge < -0.3 is 4.90 Å². The third-order valence-corrected chi connectivity index (χ3v) is 4.04. The molecular formula is C14H13Cl2N5. The Balaban J connectivity index is 2.05. The van der Waals surface area contributed by atoms with Crippen molar-refractivity contribution in [3.05, 3.63) is 51.9 Å². The highest BCUT2D eigenvalue weighted by Gasteiger charge is 2.16. The lowest BCUT2D eigenvalue weighted by Crippen LogP contribution is -2.21. The molecule has 5 nitrogen and oxygen atoms in total. The first-order chi connectivity index (χ1) is 10.1. The van der Waals surface area contributed by atoms with Gasteiger partial charge in [-0.25, -0.2) is 0 Å². The van der Waals surface area contributed by atoms with Crippen LogP contribution in [-0.2, 0) is 6.54 Å². The van der Waals surface area contributed by atoms with Gasteiger partial charge in [-0.15, -0.1) is 0 Å². The van der Waals surface area contributed by atoms with Crippen LogP contribution in [0, 0.1) is 6.92 Å². The number of rotatable bonds is 3. The van der Waals surface area contributed by atoms with Crippen LogP contribution >= 0.6 is 23.2 Å². The first-order valence-electron chi connectivity index (χ1n) is 6.38. The maximum Gasteiger partial charge on any atom is 0.255 e. The zero-order valence-corrected chi connectivity index (χ0v) is 13.1. The smallest absolute Gasteiger partial charge is 0.255 e. The number of halogens is 2. The Morgan fingerprint density at radius 2 is 2.00 bits per heavy atom. The fourth-order valence-electron chi connectivity index (χ4n) is 2.29. The van der Waals surface area contributed by atoms with Gasteiger partial charge in [-0.05, 0) is 18.6 Å². The standard InChI is InChI=1S/C14H13Cl2N5/c1-9-12(16)19-14-17-8-18-21(14)13(9)20(2)7-10-5-3-4-6-11(10)15/h3-6,8H,7H2,1-2H3. The summed E-state index contributed by atoms with van der Waals surface area (Å²) in [6.45, 7) is 2.55. The average molecular weight is 322 g/mol. The molecule has 108 valence electrons. The lowest BCUT2D eigenvalue weighted by Gasteiger charge is -2.22. The monoisotopic (exact) mass is 321 g/mol. The van der Waals surface area contributed by atoms with E-state index in [4.69, 9.17) is 23.2 Å². The topological polar surface area (TPSA) is 46.3 Å². The molecule has 1 aromatic carbocycles. The van der Waals surface area contributed by atoms with E-state index in [-0.39, 0.29) is 0 Å². The largest absolute Gasteiger partial charge is 0.355 e. The highest BCUT2D eigenvalue weighted by Crippen LogP contribution is 2.27. The van der Waals surface area contributed by atoms with Gasteiger partial charge in [0.2, 0.25) is 0 Å². The molecule has 0 aliphatic rings. The number of fused-ring (bicyclic) bond motifs is 1. The molecule has 7 heteroatoms. The molecule has 3 rings (SSSR count). The number of nitrogens with zero attached hydrogens (tertiary/aromatic N) is 5. The second-order valence-electron chi connectivity index (χ2n) is 4.77. The summed E-state index contributed by atoms with van der Waals surface area (Å²) in [6, 6.07) is 7.75. The Morgan fingerprint density at radius 1 is 1.24 bits per heavy atom. The Labute approximate surface area is 132 Å². The van der Waals surface area contributed by atoms with Gasteiger partial charge in [-0.1, -0.05) is 41.4 Å². The van der Waals surface area contributed by atoms with Crippen LogP contribution in [0.15, 0.2) is 30.6 Å². The van der Waals surface area contributed by atoms with Gasteiger partial charge in [0.1, 0.15) is 17.3 Å².